The predicted octanol–water partition coefficient (Wildman–Crippen LogP) is 2.12. The smallest absolute Gasteiger partial charge is 0.246 e. The quantitative estimate of drug-likeness (QED) is 0.853. The number of nitrogens with zero attached hydrogens (tertiary/aromatic N) is 3. The van der Waals surface area contributed by atoms with Gasteiger partial charge in [0, 0.05) is 6.54 Å². The van der Waals surface area contributed by atoms with Gasteiger partial charge in [0.25, 0.3) is 0 Å². The number of aryl methyl sites for hydroxylation is 1. The molecule has 2 atom stereocenters. The lowest BCUT2D eigenvalue weighted by molar-refractivity contribution is -0.0241. The standard InChI is InChI=1S/C17H21N3O3S/c1-13-5-7-14(8-6-13)19-12-15(11-18-19)24(21,22)20-9-10-23-17-4-2-3-16(17)20/h5-8,11-12,16-17H,2-4,9-10H2,1H3/t16-,17-/m0/s1. The highest BCUT2D eigenvalue weighted by molar-refractivity contribution is 7.89. The summed E-state index contributed by atoms with van der Waals surface area (Å²) in [5.74, 6) is 0. The molecule has 0 amide bonds. The number of rotatable bonds is 3. The van der Waals surface area contributed by atoms with Crippen LogP contribution in [0.15, 0.2) is 41.6 Å². The van der Waals surface area contributed by atoms with Crippen molar-refractivity contribution in [2.75, 3.05) is 13.2 Å². The van der Waals surface area contributed by atoms with Crippen LogP contribution in [0.1, 0.15) is 24.8 Å². The molecule has 1 aromatic heterocycles. The molecule has 1 aliphatic heterocycles. The van der Waals surface area contributed by atoms with E-state index in [1.54, 1.807) is 15.2 Å². The zero-order valence-electron chi connectivity index (χ0n) is 13.6. The Hall–Kier alpha value is -1.70. The van der Waals surface area contributed by atoms with Crippen molar-refractivity contribution in [1.82, 2.24) is 14.1 Å². The van der Waals surface area contributed by atoms with E-state index in [1.807, 2.05) is 31.2 Å². The fourth-order valence-electron chi connectivity index (χ4n) is 3.60. The minimum absolute atomic E-state index is 0.0357. The number of benzene rings is 1. The number of hydrogen-bond acceptors (Lipinski definition) is 4. The Bertz CT molecular complexity index is 829. The summed E-state index contributed by atoms with van der Waals surface area (Å²) < 4.78 is 35.0. The van der Waals surface area contributed by atoms with E-state index in [9.17, 15) is 8.42 Å². The van der Waals surface area contributed by atoms with Gasteiger partial charge in [0.2, 0.25) is 10.0 Å². The van der Waals surface area contributed by atoms with Gasteiger partial charge in [-0.05, 0) is 38.3 Å². The monoisotopic (exact) mass is 347 g/mol. The Morgan fingerprint density at radius 1 is 1.21 bits per heavy atom. The third kappa shape index (κ3) is 2.66. The van der Waals surface area contributed by atoms with Crippen LogP contribution in [0, 0.1) is 6.92 Å². The SMILES string of the molecule is Cc1ccc(-n2cc(S(=O)(=O)N3CCO[C@H]4CCC[C@@H]43)cn2)cc1. The van der Waals surface area contributed by atoms with E-state index in [0.29, 0.717) is 13.2 Å². The van der Waals surface area contributed by atoms with E-state index in [2.05, 4.69) is 5.10 Å². The summed E-state index contributed by atoms with van der Waals surface area (Å²) in [6, 6.07) is 7.79. The van der Waals surface area contributed by atoms with Gasteiger partial charge in [0.15, 0.2) is 0 Å². The molecule has 1 aromatic carbocycles. The van der Waals surface area contributed by atoms with Crippen molar-refractivity contribution in [1.29, 1.82) is 0 Å². The summed E-state index contributed by atoms with van der Waals surface area (Å²) >= 11 is 0. The maximum atomic E-state index is 13.0. The van der Waals surface area contributed by atoms with Crippen LogP contribution in [0.3, 0.4) is 0 Å². The second-order valence-corrected chi connectivity index (χ2v) is 8.37. The molecule has 128 valence electrons. The zero-order chi connectivity index (χ0) is 16.7. The average molecular weight is 347 g/mol. The van der Waals surface area contributed by atoms with Crippen LogP contribution in [0.5, 0.6) is 0 Å². The molecule has 6 nitrogen and oxygen atoms in total. The lowest BCUT2D eigenvalue weighted by Crippen LogP contribution is -2.51. The van der Waals surface area contributed by atoms with E-state index >= 15 is 0 Å². The highest BCUT2D eigenvalue weighted by Crippen LogP contribution is 2.33. The topological polar surface area (TPSA) is 64.4 Å². The van der Waals surface area contributed by atoms with Crippen molar-refractivity contribution in [3.8, 4) is 5.69 Å². The number of aromatic nitrogens is 2. The van der Waals surface area contributed by atoms with Crippen LogP contribution in [-0.4, -0.2) is 47.8 Å². The highest BCUT2D eigenvalue weighted by atomic mass is 32.2. The third-order valence-electron chi connectivity index (χ3n) is 4.90. The van der Waals surface area contributed by atoms with E-state index < -0.39 is 10.0 Å². The number of sulfonamides is 1. The molecule has 0 bridgehead atoms. The molecule has 1 aliphatic carbocycles. The summed E-state index contributed by atoms with van der Waals surface area (Å²) in [6.07, 6.45) is 5.91. The number of ether oxygens (including phenoxy) is 1. The Kier molecular flexibility index (Phi) is 3.94. The van der Waals surface area contributed by atoms with E-state index in [-0.39, 0.29) is 17.0 Å². The van der Waals surface area contributed by atoms with Crippen LogP contribution in [0.4, 0.5) is 0 Å². The van der Waals surface area contributed by atoms with Crippen molar-refractivity contribution in [2.24, 2.45) is 0 Å². The zero-order valence-corrected chi connectivity index (χ0v) is 14.4. The fourth-order valence-corrected chi connectivity index (χ4v) is 5.20. The average Bonchev–Trinajstić information content (AvgIpc) is 3.24. The maximum absolute atomic E-state index is 13.0. The summed E-state index contributed by atoms with van der Waals surface area (Å²) in [6.45, 7) is 2.89. The maximum Gasteiger partial charge on any atom is 0.246 e. The lowest BCUT2D eigenvalue weighted by atomic mass is 10.2. The largest absolute Gasteiger partial charge is 0.375 e. The molecule has 7 heteroatoms. The van der Waals surface area contributed by atoms with Crippen molar-refractivity contribution in [3.63, 3.8) is 0 Å². The molecule has 4 rings (SSSR count). The molecular weight excluding hydrogens is 326 g/mol. The number of morpholine rings is 1. The predicted molar refractivity (Wildman–Crippen MR) is 89.6 cm³/mol. The van der Waals surface area contributed by atoms with Crippen LogP contribution >= 0.6 is 0 Å². The van der Waals surface area contributed by atoms with Gasteiger partial charge in [0.05, 0.1) is 36.8 Å². The highest BCUT2D eigenvalue weighted by Gasteiger charge is 2.42. The molecule has 0 radical (unpaired) electrons. The van der Waals surface area contributed by atoms with Gasteiger partial charge in [-0.25, -0.2) is 13.1 Å². The first-order chi connectivity index (χ1) is 11.6. The summed E-state index contributed by atoms with van der Waals surface area (Å²) in [4.78, 5) is 0.246. The Labute approximate surface area is 142 Å². The molecule has 24 heavy (non-hydrogen) atoms. The van der Waals surface area contributed by atoms with Gasteiger partial charge < -0.3 is 4.74 Å². The van der Waals surface area contributed by atoms with Gasteiger partial charge in [-0.3, -0.25) is 0 Å². The molecule has 0 spiro atoms. The third-order valence-corrected chi connectivity index (χ3v) is 6.77. The summed E-state index contributed by atoms with van der Waals surface area (Å²) in [5.41, 5.74) is 2.00. The van der Waals surface area contributed by atoms with Gasteiger partial charge in [-0.2, -0.15) is 9.40 Å². The van der Waals surface area contributed by atoms with E-state index in [1.165, 1.54) is 6.20 Å². The normalized spacial score (nSPS) is 24.9. The molecule has 1 saturated heterocycles. The fraction of sp³-hybridized carbons (Fsp3) is 0.471. The lowest BCUT2D eigenvalue weighted by Gasteiger charge is -2.36. The minimum Gasteiger partial charge on any atom is -0.375 e. The summed E-state index contributed by atoms with van der Waals surface area (Å²) in [5, 5.41) is 4.24. The second kappa shape index (κ2) is 5.98. The van der Waals surface area contributed by atoms with Crippen molar-refractivity contribution in [2.45, 2.75) is 43.2 Å². The minimum atomic E-state index is -3.54. The first kappa shape index (κ1) is 15.8. The Morgan fingerprint density at radius 2 is 2.00 bits per heavy atom. The van der Waals surface area contributed by atoms with E-state index in [0.717, 1.165) is 30.5 Å². The Balaban J connectivity index is 1.64. The molecule has 2 aromatic rings. The molecule has 0 unspecified atom stereocenters. The Morgan fingerprint density at radius 3 is 2.79 bits per heavy atom. The number of fused-ring (bicyclic) bond motifs is 1. The number of hydrogen-bond donors (Lipinski definition) is 0. The van der Waals surface area contributed by atoms with Crippen LogP contribution in [-0.2, 0) is 14.8 Å². The molecule has 0 N–H and O–H groups in total. The van der Waals surface area contributed by atoms with Crippen LogP contribution in [0.2, 0.25) is 0 Å². The molecule has 1 saturated carbocycles. The van der Waals surface area contributed by atoms with Crippen LogP contribution < -0.4 is 0 Å². The van der Waals surface area contributed by atoms with Crippen molar-refractivity contribution >= 4 is 10.0 Å². The van der Waals surface area contributed by atoms with Gasteiger partial charge in [0.1, 0.15) is 4.90 Å². The van der Waals surface area contributed by atoms with Gasteiger partial charge >= 0.3 is 0 Å². The molecule has 2 aliphatic rings. The van der Waals surface area contributed by atoms with Crippen molar-refractivity contribution in [3.05, 3.63) is 42.2 Å². The van der Waals surface area contributed by atoms with Gasteiger partial charge in [-0.1, -0.05) is 17.7 Å². The van der Waals surface area contributed by atoms with Crippen molar-refractivity contribution < 1.29 is 13.2 Å². The molecule has 2 heterocycles. The second-order valence-electron chi connectivity index (χ2n) is 6.48. The first-order valence-corrected chi connectivity index (χ1v) is 9.75. The van der Waals surface area contributed by atoms with Crippen LogP contribution in [0.25, 0.3) is 5.69 Å². The summed E-state index contributed by atoms with van der Waals surface area (Å²) in [7, 11) is -3.54. The first-order valence-electron chi connectivity index (χ1n) is 8.31. The van der Waals surface area contributed by atoms with E-state index in [4.69, 9.17) is 4.74 Å². The van der Waals surface area contributed by atoms with Gasteiger partial charge in [-0.15, -0.1) is 0 Å². The molecule has 2 fully saturated rings. The molecular formula is C17H21N3O3S.